The summed E-state index contributed by atoms with van der Waals surface area (Å²) in [7, 11) is 0. The number of furan rings is 1. The van der Waals surface area contributed by atoms with Crippen LogP contribution in [0.15, 0.2) is 83.3 Å². The molecular formula is C30H29ClN4O2. The van der Waals surface area contributed by atoms with Gasteiger partial charge in [0.05, 0.1) is 6.54 Å². The highest BCUT2D eigenvalue weighted by Gasteiger charge is 2.16. The number of halogens is 1. The van der Waals surface area contributed by atoms with Crippen LogP contribution in [-0.4, -0.2) is 21.7 Å². The first kappa shape index (κ1) is 24.8. The van der Waals surface area contributed by atoms with Gasteiger partial charge in [-0.1, -0.05) is 67.9 Å². The van der Waals surface area contributed by atoms with Crippen molar-refractivity contribution in [2.75, 3.05) is 5.32 Å². The Kier molecular flexibility index (Phi) is 7.12. The van der Waals surface area contributed by atoms with Crippen LogP contribution in [0.4, 0.5) is 5.69 Å². The molecule has 0 aliphatic heterocycles. The predicted molar refractivity (Wildman–Crippen MR) is 149 cm³/mol. The number of amides is 1. The van der Waals surface area contributed by atoms with Gasteiger partial charge in [-0.3, -0.25) is 9.48 Å². The molecule has 0 unspecified atom stereocenters. The van der Waals surface area contributed by atoms with Crippen LogP contribution in [0, 0.1) is 6.92 Å². The van der Waals surface area contributed by atoms with Crippen LogP contribution < -0.4 is 10.6 Å². The topological polar surface area (TPSA) is 72.1 Å². The van der Waals surface area contributed by atoms with Crippen LogP contribution in [0.2, 0.25) is 5.02 Å². The van der Waals surface area contributed by atoms with Gasteiger partial charge in [-0.25, -0.2) is 0 Å². The first-order valence-corrected chi connectivity index (χ1v) is 12.7. The summed E-state index contributed by atoms with van der Waals surface area (Å²) in [5.41, 5.74) is 5.76. The molecule has 5 aromatic rings. The molecule has 5 rings (SSSR count). The van der Waals surface area contributed by atoms with Crippen LogP contribution in [0.5, 0.6) is 0 Å². The van der Waals surface area contributed by atoms with E-state index >= 15 is 0 Å². The number of hydrogen-bond acceptors (Lipinski definition) is 4. The minimum atomic E-state index is -0.254. The van der Waals surface area contributed by atoms with Gasteiger partial charge in [-0.15, -0.1) is 0 Å². The fourth-order valence-electron chi connectivity index (χ4n) is 4.21. The molecule has 2 N–H and O–H groups in total. The van der Waals surface area contributed by atoms with Crippen molar-refractivity contribution in [1.82, 2.24) is 15.1 Å². The van der Waals surface area contributed by atoms with Gasteiger partial charge < -0.3 is 15.1 Å². The molecule has 3 aromatic carbocycles. The van der Waals surface area contributed by atoms with Gasteiger partial charge in [-0.05, 0) is 48.9 Å². The summed E-state index contributed by atoms with van der Waals surface area (Å²) in [6, 6.07) is 25.8. The third-order valence-corrected chi connectivity index (χ3v) is 6.39. The van der Waals surface area contributed by atoms with Gasteiger partial charge in [0, 0.05) is 45.5 Å². The zero-order valence-electron chi connectivity index (χ0n) is 21.1. The number of carbonyl (C=O) groups excluding carboxylic acids is 1. The maximum atomic E-state index is 12.9. The van der Waals surface area contributed by atoms with E-state index in [0.29, 0.717) is 23.3 Å². The Balaban J connectivity index is 1.34. The standard InChI is InChI=1S/C30H29ClN4O2/c1-19(2)32-17-21-9-11-26(12-10-21)33-30(36)27-13-20(3)35(34-27)18-24-15-25(31)14-23-16-28(37-29(23)24)22-7-5-4-6-8-22/h4-16,19,32H,17-18H2,1-3H3,(H,33,36). The zero-order chi connectivity index (χ0) is 25.9. The number of anilines is 1. The van der Waals surface area contributed by atoms with Crippen LogP contribution in [-0.2, 0) is 13.1 Å². The molecule has 0 atom stereocenters. The fraction of sp³-hybridized carbons (Fsp3) is 0.200. The highest BCUT2D eigenvalue weighted by molar-refractivity contribution is 6.31. The SMILES string of the molecule is Cc1cc(C(=O)Nc2ccc(CNC(C)C)cc2)nn1Cc1cc(Cl)cc2cc(-c3ccccc3)oc12. The molecule has 0 saturated heterocycles. The molecule has 0 radical (unpaired) electrons. The van der Waals surface area contributed by atoms with Crippen molar-refractivity contribution in [3.63, 3.8) is 0 Å². The van der Waals surface area contributed by atoms with Gasteiger partial charge in [0.1, 0.15) is 11.3 Å². The van der Waals surface area contributed by atoms with Crippen LogP contribution in [0.25, 0.3) is 22.3 Å². The average molecular weight is 513 g/mol. The highest BCUT2D eigenvalue weighted by Crippen LogP contribution is 2.32. The maximum absolute atomic E-state index is 12.9. The Hall–Kier alpha value is -3.87. The van der Waals surface area contributed by atoms with E-state index in [9.17, 15) is 4.79 Å². The van der Waals surface area contributed by atoms with Gasteiger partial charge >= 0.3 is 0 Å². The van der Waals surface area contributed by atoms with E-state index < -0.39 is 0 Å². The van der Waals surface area contributed by atoms with Gasteiger partial charge in [0.15, 0.2) is 5.69 Å². The average Bonchev–Trinajstić information content (AvgIpc) is 3.48. The molecule has 37 heavy (non-hydrogen) atoms. The van der Waals surface area contributed by atoms with Crippen molar-refractivity contribution in [1.29, 1.82) is 0 Å². The van der Waals surface area contributed by atoms with E-state index in [-0.39, 0.29) is 5.91 Å². The lowest BCUT2D eigenvalue weighted by molar-refractivity contribution is 0.102. The Morgan fingerprint density at radius 3 is 2.51 bits per heavy atom. The normalized spacial score (nSPS) is 11.4. The Bertz CT molecular complexity index is 1540. The molecule has 2 aromatic heterocycles. The first-order valence-electron chi connectivity index (χ1n) is 12.3. The molecule has 0 saturated carbocycles. The van der Waals surface area contributed by atoms with E-state index in [0.717, 1.165) is 51.3 Å². The number of nitrogens with zero attached hydrogens (tertiary/aromatic N) is 2. The monoisotopic (exact) mass is 512 g/mol. The molecule has 0 aliphatic rings. The number of benzene rings is 3. The molecule has 0 aliphatic carbocycles. The second-order valence-corrected chi connectivity index (χ2v) is 9.91. The van der Waals surface area contributed by atoms with Crippen molar-refractivity contribution in [3.05, 3.63) is 106 Å². The summed E-state index contributed by atoms with van der Waals surface area (Å²) in [4.78, 5) is 12.9. The van der Waals surface area contributed by atoms with Crippen LogP contribution >= 0.6 is 11.6 Å². The second kappa shape index (κ2) is 10.6. The zero-order valence-corrected chi connectivity index (χ0v) is 21.8. The van der Waals surface area contributed by atoms with Crippen LogP contribution in [0.3, 0.4) is 0 Å². The van der Waals surface area contributed by atoms with Crippen molar-refractivity contribution in [2.45, 2.75) is 39.9 Å². The summed E-state index contributed by atoms with van der Waals surface area (Å²) in [6.45, 7) is 7.37. The lowest BCUT2D eigenvalue weighted by Gasteiger charge is -2.09. The number of hydrogen-bond donors (Lipinski definition) is 2. The molecule has 0 fully saturated rings. The number of aromatic nitrogens is 2. The smallest absolute Gasteiger partial charge is 0.276 e. The number of fused-ring (bicyclic) bond motifs is 1. The van der Waals surface area contributed by atoms with Crippen molar-refractivity contribution >= 4 is 34.2 Å². The van der Waals surface area contributed by atoms with Gasteiger partial charge in [0.2, 0.25) is 0 Å². The largest absolute Gasteiger partial charge is 0.456 e. The van der Waals surface area contributed by atoms with E-state index in [1.54, 1.807) is 10.7 Å². The molecule has 0 spiro atoms. The molecule has 6 nitrogen and oxygen atoms in total. The van der Waals surface area contributed by atoms with Gasteiger partial charge in [-0.2, -0.15) is 5.10 Å². The van der Waals surface area contributed by atoms with E-state index in [4.69, 9.17) is 16.0 Å². The number of rotatable bonds is 8. The molecule has 7 heteroatoms. The minimum Gasteiger partial charge on any atom is -0.456 e. The van der Waals surface area contributed by atoms with E-state index in [1.165, 1.54) is 0 Å². The second-order valence-electron chi connectivity index (χ2n) is 9.48. The third kappa shape index (κ3) is 5.77. The summed E-state index contributed by atoms with van der Waals surface area (Å²) in [5, 5.41) is 12.5. The third-order valence-electron chi connectivity index (χ3n) is 6.18. The summed E-state index contributed by atoms with van der Waals surface area (Å²) < 4.78 is 8.04. The predicted octanol–water partition coefficient (Wildman–Crippen LogP) is 7.06. The number of carbonyl (C=O) groups is 1. The van der Waals surface area contributed by atoms with Crippen molar-refractivity contribution in [2.24, 2.45) is 0 Å². The summed E-state index contributed by atoms with van der Waals surface area (Å²) in [6.07, 6.45) is 0. The summed E-state index contributed by atoms with van der Waals surface area (Å²) >= 11 is 6.44. The highest BCUT2D eigenvalue weighted by atomic mass is 35.5. The molecule has 2 heterocycles. The van der Waals surface area contributed by atoms with Crippen LogP contribution in [0.1, 0.15) is 41.2 Å². The lowest BCUT2D eigenvalue weighted by atomic mass is 10.1. The quantitative estimate of drug-likeness (QED) is 0.233. The Labute approximate surface area is 221 Å². The Morgan fingerprint density at radius 1 is 1.03 bits per heavy atom. The molecule has 1 amide bonds. The first-order chi connectivity index (χ1) is 17.9. The van der Waals surface area contributed by atoms with Crippen molar-refractivity contribution < 1.29 is 9.21 Å². The Morgan fingerprint density at radius 2 is 1.78 bits per heavy atom. The van der Waals surface area contributed by atoms with E-state index in [1.807, 2.05) is 79.7 Å². The summed E-state index contributed by atoms with van der Waals surface area (Å²) in [5.74, 6) is 0.526. The van der Waals surface area contributed by atoms with E-state index in [2.05, 4.69) is 29.6 Å². The lowest BCUT2D eigenvalue weighted by Crippen LogP contribution is -2.21. The van der Waals surface area contributed by atoms with Gasteiger partial charge in [0.25, 0.3) is 5.91 Å². The fourth-order valence-corrected chi connectivity index (χ4v) is 4.46. The minimum absolute atomic E-state index is 0.254. The molecular weight excluding hydrogens is 484 g/mol. The molecule has 188 valence electrons. The van der Waals surface area contributed by atoms with Crippen molar-refractivity contribution in [3.8, 4) is 11.3 Å². The molecule has 0 bridgehead atoms. The number of aryl methyl sites for hydroxylation is 1. The number of nitrogens with one attached hydrogen (secondary N) is 2. The maximum Gasteiger partial charge on any atom is 0.276 e.